The molecule has 2 N–H and O–H groups in total. The van der Waals surface area contributed by atoms with Crippen molar-refractivity contribution < 1.29 is 19.4 Å². The summed E-state index contributed by atoms with van der Waals surface area (Å²) in [5.74, 6) is 0.450. The van der Waals surface area contributed by atoms with E-state index >= 15 is 0 Å². The molecule has 2 aliphatic rings. The molecule has 0 aromatic rings. The van der Waals surface area contributed by atoms with Crippen LogP contribution in [0.1, 0.15) is 64.7 Å². The van der Waals surface area contributed by atoms with Gasteiger partial charge in [-0.05, 0) is 56.7 Å². The van der Waals surface area contributed by atoms with Gasteiger partial charge in [-0.2, -0.15) is 0 Å². The van der Waals surface area contributed by atoms with Crippen LogP contribution in [0.25, 0.3) is 0 Å². The maximum absolute atomic E-state index is 11.7. The molecule has 146 valence electrons. The van der Waals surface area contributed by atoms with Crippen LogP contribution in [0.2, 0.25) is 0 Å². The van der Waals surface area contributed by atoms with Gasteiger partial charge in [0, 0.05) is 25.3 Å². The Morgan fingerprint density at radius 2 is 1.88 bits per heavy atom. The summed E-state index contributed by atoms with van der Waals surface area (Å²) in [5, 5.41) is 12.0. The fraction of sp³-hybridized carbons (Fsp3) is 0.714. The average molecular weight is 363 g/mol. The molecule has 0 saturated carbocycles. The lowest BCUT2D eigenvalue weighted by Crippen LogP contribution is -2.33. The summed E-state index contributed by atoms with van der Waals surface area (Å²) >= 11 is 0. The van der Waals surface area contributed by atoms with E-state index in [2.05, 4.69) is 24.4 Å². The Kier molecular flexibility index (Phi) is 8.89. The van der Waals surface area contributed by atoms with Gasteiger partial charge in [-0.1, -0.05) is 25.5 Å². The minimum Gasteiger partial charge on any atom is -0.481 e. The summed E-state index contributed by atoms with van der Waals surface area (Å²) in [6.45, 7) is 2.93. The largest absolute Gasteiger partial charge is 0.481 e. The third-order valence-electron chi connectivity index (χ3n) is 5.44. The molecule has 0 aromatic heterocycles. The first-order chi connectivity index (χ1) is 12.6. The fourth-order valence-electron chi connectivity index (χ4n) is 4.01. The van der Waals surface area contributed by atoms with Crippen LogP contribution < -0.4 is 5.32 Å². The molecule has 2 bridgehead atoms. The van der Waals surface area contributed by atoms with Crippen LogP contribution >= 0.6 is 0 Å². The van der Waals surface area contributed by atoms with Crippen LogP contribution in [0.15, 0.2) is 24.4 Å². The number of carboxylic acid groups (broad SMARTS) is 1. The zero-order valence-electron chi connectivity index (χ0n) is 15.9. The lowest BCUT2D eigenvalue weighted by molar-refractivity contribution is -0.137. The Balaban J connectivity index is 1.72. The Labute approximate surface area is 156 Å². The van der Waals surface area contributed by atoms with Crippen molar-refractivity contribution in [2.45, 2.75) is 76.9 Å². The Morgan fingerprint density at radius 3 is 2.62 bits per heavy atom. The molecule has 0 radical (unpaired) electrons. The summed E-state index contributed by atoms with van der Waals surface area (Å²) in [6, 6.07) is 0. The molecule has 0 amide bonds. The molecule has 0 unspecified atom stereocenters. The number of rotatable bonds is 13. The average Bonchev–Trinajstić information content (AvgIpc) is 3.21. The summed E-state index contributed by atoms with van der Waals surface area (Å²) < 4.78 is 6.10. The first kappa shape index (κ1) is 20.7. The SMILES string of the molecule is CCCCC(=O)C=CNC[C@@H]1[C@@H](C/C=C\CCCC(=O)O)[C@H]2CC[C@@H]1O2. The molecule has 0 spiro atoms. The van der Waals surface area contributed by atoms with Gasteiger partial charge in [0.2, 0.25) is 0 Å². The second kappa shape index (κ2) is 11.2. The first-order valence-electron chi connectivity index (χ1n) is 10.1. The van der Waals surface area contributed by atoms with Crippen LogP contribution in [-0.2, 0) is 14.3 Å². The second-order valence-corrected chi connectivity index (χ2v) is 7.42. The third kappa shape index (κ3) is 6.60. The molecular formula is C21H33NO4. The van der Waals surface area contributed by atoms with Gasteiger partial charge in [0.1, 0.15) is 0 Å². The summed E-state index contributed by atoms with van der Waals surface area (Å²) in [5.41, 5.74) is 0. The lowest BCUT2D eigenvalue weighted by atomic mass is 9.77. The van der Waals surface area contributed by atoms with Crippen LogP contribution in [0.4, 0.5) is 0 Å². The molecule has 2 saturated heterocycles. The van der Waals surface area contributed by atoms with Gasteiger partial charge in [-0.15, -0.1) is 0 Å². The Hall–Kier alpha value is -1.62. The number of carboxylic acids is 1. The zero-order chi connectivity index (χ0) is 18.8. The van der Waals surface area contributed by atoms with E-state index in [1.54, 1.807) is 12.3 Å². The van der Waals surface area contributed by atoms with E-state index in [4.69, 9.17) is 9.84 Å². The molecule has 2 fully saturated rings. The normalized spacial score (nSPS) is 27.6. The van der Waals surface area contributed by atoms with E-state index in [-0.39, 0.29) is 12.2 Å². The lowest BCUT2D eigenvalue weighted by Gasteiger charge is -2.27. The van der Waals surface area contributed by atoms with Crippen LogP contribution in [0.3, 0.4) is 0 Å². The quantitative estimate of drug-likeness (QED) is 0.295. The molecule has 4 atom stereocenters. The van der Waals surface area contributed by atoms with Crippen molar-refractivity contribution in [3.05, 3.63) is 24.4 Å². The maximum atomic E-state index is 11.7. The molecule has 2 rings (SSSR count). The Morgan fingerprint density at radius 1 is 1.12 bits per heavy atom. The van der Waals surface area contributed by atoms with Gasteiger partial charge in [-0.3, -0.25) is 9.59 Å². The van der Waals surface area contributed by atoms with Crippen molar-refractivity contribution in [3.8, 4) is 0 Å². The third-order valence-corrected chi connectivity index (χ3v) is 5.44. The number of carbonyl (C=O) groups is 2. The highest BCUT2D eigenvalue weighted by atomic mass is 16.5. The van der Waals surface area contributed by atoms with E-state index in [0.29, 0.717) is 36.9 Å². The minimum atomic E-state index is -0.729. The van der Waals surface area contributed by atoms with Crippen LogP contribution in [0, 0.1) is 11.8 Å². The molecule has 26 heavy (non-hydrogen) atoms. The van der Waals surface area contributed by atoms with Gasteiger partial charge >= 0.3 is 5.97 Å². The number of aliphatic carboxylic acids is 1. The molecule has 0 aliphatic carbocycles. The zero-order valence-corrected chi connectivity index (χ0v) is 15.9. The van der Waals surface area contributed by atoms with Gasteiger partial charge in [-0.25, -0.2) is 0 Å². The number of hydrogen-bond acceptors (Lipinski definition) is 4. The number of unbranched alkanes of at least 4 members (excludes halogenated alkanes) is 2. The summed E-state index contributed by atoms with van der Waals surface area (Å²) in [4.78, 5) is 22.2. The highest BCUT2D eigenvalue weighted by Gasteiger charge is 2.47. The van der Waals surface area contributed by atoms with E-state index in [0.717, 1.165) is 45.1 Å². The molecule has 2 aliphatic heterocycles. The molecule has 5 nitrogen and oxygen atoms in total. The van der Waals surface area contributed by atoms with E-state index in [1.165, 1.54) is 0 Å². The van der Waals surface area contributed by atoms with E-state index in [9.17, 15) is 9.59 Å². The predicted molar refractivity (Wildman–Crippen MR) is 102 cm³/mol. The second-order valence-electron chi connectivity index (χ2n) is 7.42. The van der Waals surface area contributed by atoms with Gasteiger partial charge in [0.05, 0.1) is 12.2 Å². The highest BCUT2D eigenvalue weighted by Crippen LogP contribution is 2.44. The smallest absolute Gasteiger partial charge is 0.303 e. The number of carbonyl (C=O) groups excluding carboxylic acids is 1. The first-order valence-corrected chi connectivity index (χ1v) is 10.1. The van der Waals surface area contributed by atoms with Gasteiger partial charge in [0.25, 0.3) is 0 Å². The van der Waals surface area contributed by atoms with E-state index < -0.39 is 5.97 Å². The van der Waals surface area contributed by atoms with Crippen molar-refractivity contribution in [1.82, 2.24) is 5.32 Å². The minimum absolute atomic E-state index is 0.185. The van der Waals surface area contributed by atoms with Crippen molar-refractivity contribution >= 4 is 11.8 Å². The highest BCUT2D eigenvalue weighted by molar-refractivity contribution is 5.89. The van der Waals surface area contributed by atoms with Crippen molar-refractivity contribution in [2.75, 3.05) is 6.54 Å². The predicted octanol–water partition coefficient (Wildman–Crippen LogP) is 3.84. The number of ether oxygens (including phenoxy) is 1. The number of hydrogen-bond donors (Lipinski definition) is 2. The van der Waals surface area contributed by atoms with Gasteiger partial charge < -0.3 is 15.2 Å². The van der Waals surface area contributed by atoms with E-state index in [1.807, 2.05) is 0 Å². The standard InChI is InChI=1S/C21H33NO4/c1-2-3-8-16(23)13-14-22-15-18-17(19-11-12-20(18)26-19)9-6-4-5-7-10-21(24)25/h4,6,13-14,17-20,22H,2-3,5,7-12,15H2,1H3,(H,24,25)/b6-4-,14-13?/t17-,18-,19-,20+/m1/s1. The van der Waals surface area contributed by atoms with Crippen molar-refractivity contribution in [1.29, 1.82) is 0 Å². The fourth-order valence-corrected chi connectivity index (χ4v) is 4.01. The number of nitrogens with one attached hydrogen (secondary N) is 1. The Bertz CT molecular complexity index is 514. The van der Waals surface area contributed by atoms with Crippen molar-refractivity contribution in [2.24, 2.45) is 11.8 Å². The van der Waals surface area contributed by atoms with Crippen LogP contribution in [-0.4, -0.2) is 35.6 Å². The number of fused-ring (bicyclic) bond motifs is 2. The topological polar surface area (TPSA) is 75.6 Å². The molecule has 0 aromatic carbocycles. The van der Waals surface area contributed by atoms with Gasteiger partial charge in [0.15, 0.2) is 5.78 Å². The monoisotopic (exact) mass is 363 g/mol. The number of allylic oxidation sites excluding steroid dienone is 3. The van der Waals surface area contributed by atoms with Crippen molar-refractivity contribution in [3.63, 3.8) is 0 Å². The maximum Gasteiger partial charge on any atom is 0.303 e. The number of ketones is 1. The summed E-state index contributed by atoms with van der Waals surface area (Å²) in [6.07, 6.45) is 16.1. The molecule has 5 heteroatoms. The summed E-state index contributed by atoms with van der Waals surface area (Å²) in [7, 11) is 0. The molecule has 2 heterocycles. The van der Waals surface area contributed by atoms with Crippen LogP contribution in [0.5, 0.6) is 0 Å². The molecular weight excluding hydrogens is 330 g/mol.